The maximum atomic E-state index is 13.3. The summed E-state index contributed by atoms with van der Waals surface area (Å²) in [4.78, 5) is 28.5. The topological polar surface area (TPSA) is 84.5 Å². The molecule has 35 heavy (non-hydrogen) atoms. The standard InChI is InChI=1S/C26H24ClN5O3/c1-18-6-8-19(9-7-18)25-21-4-2-3-5-22(21)26(33)31(28-25)17-29-12-14-30(15-13-29)23-11-10-20(27)16-24(23)32(34)35/h2-11,16H,12-15,17H2,1H3. The second-order valence-electron chi connectivity index (χ2n) is 8.70. The van der Waals surface area contributed by atoms with Gasteiger partial charge in [-0.1, -0.05) is 59.6 Å². The summed E-state index contributed by atoms with van der Waals surface area (Å²) in [6.45, 7) is 4.85. The zero-order valence-corrected chi connectivity index (χ0v) is 20.0. The van der Waals surface area contributed by atoms with Crippen LogP contribution >= 0.6 is 11.6 Å². The summed E-state index contributed by atoms with van der Waals surface area (Å²) in [7, 11) is 0. The van der Waals surface area contributed by atoms with Gasteiger partial charge in [-0.05, 0) is 25.1 Å². The van der Waals surface area contributed by atoms with Crippen LogP contribution in [0.1, 0.15) is 5.56 Å². The fourth-order valence-electron chi connectivity index (χ4n) is 4.49. The highest BCUT2D eigenvalue weighted by Gasteiger charge is 2.25. The van der Waals surface area contributed by atoms with Crippen molar-refractivity contribution < 1.29 is 4.92 Å². The third-order valence-electron chi connectivity index (χ3n) is 6.37. The Bertz CT molecular complexity index is 1460. The summed E-state index contributed by atoms with van der Waals surface area (Å²) in [6.07, 6.45) is 0. The second-order valence-corrected chi connectivity index (χ2v) is 9.14. The first-order valence-electron chi connectivity index (χ1n) is 11.4. The van der Waals surface area contributed by atoms with Crippen molar-refractivity contribution in [1.29, 1.82) is 0 Å². The first kappa shape index (κ1) is 23.0. The molecule has 8 nitrogen and oxygen atoms in total. The largest absolute Gasteiger partial charge is 0.363 e. The van der Waals surface area contributed by atoms with Gasteiger partial charge in [-0.25, -0.2) is 4.68 Å². The molecule has 4 aromatic rings. The van der Waals surface area contributed by atoms with Crippen molar-refractivity contribution in [3.63, 3.8) is 0 Å². The molecule has 1 aliphatic heterocycles. The highest BCUT2D eigenvalue weighted by Crippen LogP contribution is 2.32. The molecule has 2 heterocycles. The van der Waals surface area contributed by atoms with Crippen molar-refractivity contribution in [3.05, 3.63) is 97.8 Å². The van der Waals surface area contributed by atoms with Crippen molar-refractivity contribution in [2.45, 2.75) is 13.6 Å². The van der Waals surface area contributed by atoms with Crippen LogP contribution in [0.3, 0.4) is 0 Å². The van der Waals surface area contributed by atoms with Crippen molar-refractivity contribution >= 4 is 33.7 Å². The normalized spacial score (nSPS) is 14.4. The van der Waals surface area contributed by atoms with Crippen molar-refractivity contribution in [2.24, 2.45) is 0 Å². The second kappa shape index (κ2) is 9.48. The van der Waals surface area contributed by atoms with E-state index in [1.165, 1.54) is 10.7 Å². The van der Waals surface area contributed by atoms with Gasteiger partial charge in [0.2, 0.25) is 0 Å². The van der Waals surface area contributed by atoms with Gasteiger partial charge in [0, 0.05) is 48.2 Å². The van der Waals surface area contributed by atoms with E-state index in [9.17, 15) is 14.9 Å². The molecule has 0 N–H and O–H groups in total. The quantitative estimate of drug-likeness (QED) is 0.298. The fourth-order valence-corrected chi connectivity index (χ4v) is 4.65. The molecule has 0 unspecified atom stereocenters. The Morgan fingerprint density at radius 2 is 1.66 bits per heavy atom. The zero-order valence-electron chi connectivity index (χ0n) is 19.2. The molecule has 1 aromatic heterocycles. The summed E-state index contributed by atoms with van der Waals surface area (Å²) >= 11 is 5.96. The number of rotatable bonds is 5. The minimum absolute atomic E-state index is 0.00102. The number of hydrogen-bond acceptors (Lipinski definition) is 6. The maximum absolute atomic E-state index is 13.3. The Labute approximate surface area is 207 Å². The van der Waals surface area contributed by atoms with E-state index >= 15 is 0 Å². The number of halogens is 1. The lowest BCUT2D eigenvalue weighted by molar-refractivity contribution is -0.384. The average Bonchev–Trinajstić information content (AvgIpc) is 2.87. The molecular formula is C26H24ClN5O3. The van der Waals surface area contributed by atoms with Crippen molar-refractivity contribution in [1.82, 2.24) is 14.7 Å². The minimum atomic E-state index is -0.404. The Kier molecular flexibility index (Phi) is 6.23. The van der Waals surface area contributed by atoms with E-state index in [1.807, 2.05) is 60.4 Å². The highest BCUT2D eigenvalue weighted by molar-refractivity contribution is 6.30. The van der Waals surface area contributed by atoms with Crippen LogP contribution in [0.25, 0.3) is 22.0 Å². The third kappa shape index (κ3) is 4.62. The van der Waals surface area contributed by atoms with Crippen LogP contribution in [0.15, 0.2) is 71.5 Å². The molecule has 0 atom stereocenters. The number of nitro benzene ring substituents is 1. The minimum Gasteiger partial charge on any atom is -0.363 e. The number of nitro groups is 1. The van der Waals surface area contributed by atoms with Crippen LogP contribution in [-0.2, 0) is 6.67 Å². The molecule has 0 aliphatic carbocycles. The number of nitrogens with zero attached hydrogens (tertiary/aromatic N) is 5. The molecule has 0 radical (unpaired) electrons. The van der Waals surface area contributed by atoms with Gasteiger partial charge in [-0.15, -0.1) is 0 Å². The van der Waals surface area contributed by atoms with E-state index in [0.29, 0.717) is 48.9 Å². The lowest BCUT2D eigenvalue weighted by atomic mass is 10.0. The Balaban J connectivity index is 1.40. The number of piperazine rings is 1. The van der Waals surface area contributed by atoms with Gasteiger partial charge in [-0.2, -0.15) is 5.10 Å². The van der Waals surface area contributed by atoms with E-state index in [1.54, 1.807) is 12.1 Å². The zero-order chi connectivity index (χ0) is 24.5. The number of benzene rings is 3. The molecule has 0 bridgehead atoms. The van der Waals surface area contributed by atoms with Gasteiger partial charge in [0.25, 0.3) is 11.2 Å². The smallest absolute Gasteiger partial charge is 0.294 e. The highest BCUT2D eigenvalue weighted by atomic mass is 35.5. The summed E-state index contributed by atoms with van der Waals surface area (Å²) in [5.74, 6) is 0. The van der Waals surface area contributed by atoms with E-state index in [4.69, 9.17) is 16.7 Å². The van der Waals surface area contributed by atoms with Crippen LogP contribution in [0.5, 0.6) is 0 Å². The van der Waals surface area contributed by atoms with Gasteiger partial charge in [-0.3, -0.25) is 19.8 Å². The fraction of sp³-hybridized carbons (Fsp3) is 0.231. The van der Waals surface area contributed by atoms with Gasteiger partial charge in [0.15, 0.2) is 0 Å². The SMILES string of the molecule is Cc1ccc(-c2nn(CN3CCN(c4ccc(Cl)cc4[N+](=O)[O-])CC3)c(=O)c3ccccc23)cc1. The van der Waals surface area contributed by atoms with Crippen LogP contribution in [0.4, 0.5) is 11.4 Å². The van der Waals surface area contributed by atoms with Crippen LogP contribution in [0.2, 0.25) is 5.02 Å². The number of fused-ring (bicyclic) bond motifs is 1. The average molecular weight is 490 g/mol. The van der Waals surface area contributed by atoms with Gasteiger partial charge >= 0.3 is 0 Å². The van der Waals surface area contributed by atoms with Crippen molar-refractivity contribution in [3.8, 4) is 11.3 Å². The third-order valence-corrected chi connectivity index (χ3v) is 6.61. The molecule has 0 amide bonds. The lowest BCUT2D eigenvalue weighted by Gasteiger charge is -2.35. The molecule has 178 valence electrons. The molecule has 5 rings (SSSR count). The lowest BCUT2D eigenvalue weighted by Crippen LogP contribution is -2.48. The van der Waals surface area contributed by atoms with Crippen molar-refractivity contribution in [2.75, 3.05) is 31.1 Å². The van der Waals surface area contributed by atoms with E-state index < -0.39 is 4.92 Å². The first-order valence-corrected chi connectivity index (χ1v) is 11.8. The molecule has 1 saturated heterocycles. The number of hydrogen-bond donors (Lipinski definition) is 0. The Hall–Kier alpha value is -3.75. The van der Waals surface area contributed by atoms with Crippen LogP contribution in [-0.4, -0.2) is 45.8 Å². The molecule has 9 heteroatoms. The van der Waals surface area contributed by atoms with Crippen LogP contribution in [0, 0.1) is 17.0 Å². The number of aromatic nitrogens is 2. The number of aryl methyl sites for hydroxylation is 1. The van der Waals surface area contributed by atoms with E-state index in [2.05, 4.69) is 4.90 Å². The Morgan fingerprint density at radius 3 is 2.34 bits per heavy atom. The predicted molar refractivity (Wildman–Crippen MR) is 138 cm³/mol. The first-order chi connectivity index (χ1) is 16.9. The maximum Gasteiger partial charge on any atom is 0.294 e. The molecule has 1 aliphatic rings. The van der Waals surface area contributed by atoms with E-state index in [0.717, 1.165) is 22.2 Å². The van der Waals surface area contributed by atoms with Gasteiger partial charge < -0.3 is 4.90 Å². The van der Waals surface area contributed by atoms with Gasteiger partial charge in [0.05, 0.1) is 22.7 Å². The molecule has 1 fully saturated rings. The number of anilines is 1. The molecule has 3 aromatic carbocycles. The van der Waals surface area contributed by atoms with E-state index in [-0.39, 0.29) is 11.2 Å². The summed E-state index contributed by atoms with van der Waals surface area (Å²) in [5, 5.41) is 18.1. The molecule has 0 saturated carbocycles. The molecular weight excluding hydrogens is 466 g/mol. The predicted octanol–water partition coefficient (Wildman–Crippen LogP) is 4.71. The van der Waals surface area contributed by atoms with Gasteiger partial charge in [0.1, 0.15) is 5.69 Å². The molecule has 0 spiro atoms. The summed E-state index contributed by atoms with van der Waals surface area (Å²) < 4.78 is 1.53. The summed E-state index contributed by atoms with van der Waals surface area (Å²) in [5.41, 5.74) is 3.32. The monoisotopic (exact) mass is 489 g/mol. The van der Waals surface area contributed by atoms with Crippen LogP contribution < -0.4 is 10.5 Å². The summed E-state index contributed by atoms with van der Waals surface area (Å²) in [6, 6.07) is 20.4. The Morgan fingerprint density at radius 1 is 0.971 bits per heavy atom.